The molecule has 0 saturated heterocycles. The second-order valence-corrected chi connectivity index (χ2v) is 5.31. The number of rotatable bonds is 3. The molecule has 4 N–H and O–H groups in total. The van der Waals surface area contributed by atoms with E-state index >= 15 is 0 Å². The Morgan fingerprint density at radius 2 is 1.59 bits per heavy atom. The summed E-state index contributed by atoms with van der Waals surface area (Å²) in [5.41, 5.74) is 16.5. The molecule has 2 unspecified atom stereocenters. The lowest BCUT2D eigenvalue weighted by Gasteiger charge is -2.25. The molecular weight excluding hydrogens is 280 g/mol. The molecule has 1 aromatic rings. The Morgan fingerprint density at radius 3 is 2.00 bits per heavy atom. The van der Waals surface area contributed by atoms with Crippen molar-refractivity contribution in [2.75, 3.05) is 7.11 Å². The monoisotopic (exact) mass is 300 g/mol. The fourth-order valence-corrected chi connectivity index (χ4v) is 2.54. The fraction of sp³-hybridized carbons (Fsp3) is 0.538. The van der Waals surface area contributed by atoms with Crippen molar-refractivity contribution in [3.63, 3.8) is 0 Å². The molecule has 96 valence electrons. The molecule has 0 fully saturated rings. The third-order valence-corrected chi connectivity index (χ3v) is 4.50. The van der Waals surface area contributed by atoms with Crippen molar-refractivity contribution in [2.24, 2.45) is 11.5 Å². The van der Waals surface area contributed by atoms with Crippen molar-refractivity contribution in [2.45, 2.75) is 39.8 Å². The highest BCUT2D eigenvalue weighted by molar-refractivity contribution is 9.10. The first-order chi connectivity index (χ1) is 7.82. The first-order valence-corrected chi connectivity index (χ1v) is 6.46. The van der Waals surface area contributed by atoms with Gasteiger partial charge in [0.25, 0.3) is 0 Å². The van der Waals surface area contributed by atoms with Gasteiger partial charge in [-0.15, -0.1) is 0 Å². The molecule has 1 aromatic carbocycles. The lowest BCUT2D eigenvalue weighted by molar-refractivity contribution is 0.397. The Morgan fingerprint density at radius 1 is 1.06 bits per heavy atom. The largest absolute Gasteiger partial charge is 0.496 e. The van der Waals surface area contributed by atoms with Crippen LogP contribution in [0, 0.1) is 20.8 Å². The molecule has 0 aliphatic heterocycles. The van der Waals surface area contributed by atoms with Crippen LogP contribution in [0.15, 0.2) is 4.47 Å². The number of ether oxygens (including phenoxy) is 1. The number of hydrogen-bond acceptors (Lipinski definition) is 3. The van der Waals surface area contributed by atoms with Crippen molar-refractivity contribution in [3.8, 4) is 5.75 Å². The van der Waals surface area contributed by atoms with E-state index in [1.165, 1.54) is 5.56 Å². The Labute approximate surface area is 112 Å². The molecule has 0 aliphatic carbocycles. The molecule has 17 heavy (non-hydrogen) atoms. The predicted octanol–water partition coefficient (Wildman–Crippen LogP) is 2.73. The molecule has 0 saturated carbocycles. The van der Waals surface area contributed by atoms with Gasteiger partial charge in [0, 0.05) is 22.1 Å². The molecular formula is C13H21BrN2O. The second kappa shape index (κ2) is 5.38. The van der Waals surface area contributed by atoms with Gasteiger partial charge in [-0.25, -0.2) is 0 Å². The average Bonchev–Trinajstić information content (AvgIpc) is 2.29. The number of benzene rings is 1. The van der Waals surface area contributed by atoms with Crippen LogP contribution in [0.25, 0.3) is 0 Å². The van der Waals surface area contributed by atoms with Gasteiger partial charge in [0.1, 0.15) is 5.75 Å². The molecule has 0 amide bonds. The van der Waals surface area contributed by atoms with E-state index in [2.05, 4.69) is 22.9 Å². The maximum absolute atomic E-state index is 6.18. The van der Waals surface area contributed by atoms with Crippen LogP contribution in [0.2, 0.25) is 0 Å². The van der Waals surface area contributed by atoms with Crippen molar-refractivity contribution in [3.05, 3.63) is 26.7 Å². The molecule has 0 radical (unpaired) electrons. The molecule has 0 aromatic heterocycles. The summed E-state index contributed by atoms with van der Waals surface area (Å²) in [5.74, 6) is 0.855. The second-order valence-electron chi connectivity index (χ2n) is 4.52. The van der Waals surface area contributed by atoms with E-state index in [1.54, 1.807) is 7.11 Å². The topological polar surface area (TPSA) is 61.3 Å². The molecule has 0 bridgehead atoms. The lowest BCUT2D eigenvalue weighted by atomic mass is 9.91. The standard InChI is InChI=1S/C13H21BrN2O/c1-6-7(2)13(17-5)10(8(3)11(6)14)12(16)9(4)15/h9,12H,15-16H2,1-5H3. The number of nitrogens with two attached hydrogens (primary N) is 2. The zero-order valence-electron chi connectivity index (χ0n) is 11.1. The van der Waals surface area contributed by atoms with Crippen molar-refractivity contribution < 1.29 is 4.74 Å². The Kier molecular flexibility index (Phi) is 4.58. The summed E-state index contributed by atoms with van der Waals surface area (Å²) < 4.78 is 6.59. The highest BCUT2D eigenvalue weighted by atomic mass is 79.9. The van der Waals surface area contributed by atoms with Gasteiger partial charge < -0.3 is 16.2 Å². The third-order valence-electron chi connectivity index (χ3n) is 3.31. The van der Waals surface area contributed by atoms with Crippen molar-refractivity contribution in [1.29, 1.82) is 0 Å². The Balaban J connectivity index is 3.58. The van der Waals surface area contributed by atoms with Gasteiger partial charge in [-0.3, -0.25) is 0 Å². The molecule has 2 atom stereocenters. The summed E-state index contributed by atoms with van der Waals surface area (Å²) >= 11 is 3.61. The van der Waals surface area contributed by atoms with E-state index in [9.17, 15) is 0 Å². The van der Waals surface area contributed by atoms with E-state index in [0.29, 0.717) is 0 Å². The van der Waals surface area contributed by atoms with Crippen LogP contribution in [0.3, 0.4) is 0 Å². The van der Waals surface area contributed by atoms with Crippen molar-refractivity contribution in [1.82, 2.24) is 0 Å². The quantitative estimate of drug-likeness (QED) is 0.902. The Hall–Kier alpha value is -0.580. The van der Waals surface area contributed by atoms with Gasteiger partial charge >= 0.3 is 0 Å². The summed E-state index contributed by atoms with van der Waals surface area (Å²) in [5, 5.41) is 0. The zero-order valence-corrected chi connectivity index (χ0v) is 12.7. The van der Waals surface area contributed by atoms with E-state index in [1.807, 2.05) is 20.8 Å². The maximum Gasteiger partial charge on any atom is 0.127 e. The van der Waals surface area contributed by atoms with Crippen LogP contribution in [-0.2, 0) is 0 Å². The molecule has 0 spiro atoms. The first kappa shape index (κ1) is 14.5. The third kappa shape index (κ3) is 2.49. The maximum atomic E-state index is 6.18. The minimum absolute atomic E-state index is 0.114. The van der Waals surface area contributed by atoms with Gasteiger partial charge in [0.15, 0.2) is 0 Å². The fourth-order valence-electron chi connectivity index (χ4n) is 2.03. The number of methoxy groups -OCH3 is 1. The van der Waals surface area contributed by atoms with Crippen LogP contribution in [0.4, 0.5) is 0 Å². The summed E-state index contributed by atoms with van der Waals surface area (Å²) in [6, 6.07) is -0.336. The van der Waals surface area contributed by atoms with E-state index < -0.39 is 0 Å². The average molecular weight is 301 g/mol. The van der Waals surface area contributed by atoms with Gasteiger partial charge in [0.2, 0.25) is 0 Å². The molecule has 0 heterocycles. The van der Waals surface area contributed by atoms with Crippen LogP contribution >= 0.6 is 15.9 Å². The number of hydrogen-bond donors (Lipinski definition) is 2. The SMILES string of the molecule is COc1c(C)c(C)c(Br)c(C)c1C(N)C(C)N. The number of halogens is 1. The van der Waals surface area contributed by atoms with Crippen LogP contribution in [0.5, 0.6) is 5.75 Å². The molecule has 1 rings (SSSR count). The van der Waals surface area contributed by atoms with E-state index in [-0.39, 0.29) is 12.1 Å². The zero-order chi connectivity index (χ0) is 13.3. The van der Waals surface area contributed by atoms with Crippen LogP contribution < -0.4 is 16.2 Å². The predicted molar refractivity (Wildman–Crippen MR) is 75.5 cm³/mol. The highest BCUT2D eigenvalue weighted by Crippen LogP contribution is 2.39. The molecule has 4 heteroatoms. The van der Waals surface area contributed by atoms with Gasteiger partial charge in [-0.2, -0.15) is 0 Å². The molecule has 3 nitrogen and oxygen atoms in total. The summed E-state index contributed by atoms with van der Waals surface area (Å²) in [7, 11) is 1.67. The van der Waals surface area contributed by atoms with Crippen LogP contribution in [0.1, 0.15) is 35.2 Å². The first-order valence-electron chi connectivity index (χ1n) is 5.67. The lowest BCUT2D eigenvalue weighted by Crippen LogP contribution is -2.32. The van der Waals surface area contributed by atoms with E-state index in [0.717, 1.165) is 26.9 Å². The summed E-state index contributed by atoms with van der Waals surface area (Å²) in [4.78, 5) is 0. The van der Waals surface area contributed by atoms with Crippen molar-refractivity contribution >= 4 is 15.9 Å². The highest BCUT2D eigenvalue weighted by Gasteiger charge is 2.23. The summed E-state index contributed by atoms with van der Waals surface area (Å²) in [6.07, 6.45) is 0. The Bertz CT molecular complexity index is 430. The van der Waals surface area contributed by atoms with Crippen LogP contribution in [-0.4, -0.2) is 13.2 Å². The van der Waals surface area contributed by atoms with Gasteiger partial charge in [-0.05, 0) is 44.4 Å². The van der Waals surface area contributed by atoms with Gasteiger partial charge in [0.05, 0.1) is 7.11 Å². The minimum atomic E-state index is -0.222. The summed E-state index contributed by atoms with van der Waals surface area (Å²) in [6.45, 7) is 8.05. The normalized spacial score (nSPS) is 14.6. The van der Waals surface area contributed by atoms with E-state index in [4.69, 9.17) is 16.2 Å². The molecule has 0 aliphatic rings. The minimum Gasteiger partial charge on any atom is -0.496 e. The van der Waals surface area contributed by atoms with Gasteiger partial charge in [-0.1, -0.05) is 15.9 Å². The smallest absolute Gasteiger partial charge is 0.127 e.